The first-order chi connectivity index (χ1) is 8.22. The zero-order chi connectivity index (χ0) is 12.3. The maximum Gasteiger partial charge on any atom is 0.361 e. The Hall–Kier alpha value is -1.95. The van der Waals surface area contributed by atoms with E-state index >= 15 is 0 Å². The van der Waals surface area contributed by atoms with Crippen LogP contribution < -0.4 is 5.69 Å². The van der Waals surface area contributed by atoms with Gasteiger partial charge in [0, 0.05) is 7.11 Å². The summed E-state index contributed by atoms with van der Waals surface area (Å²) in [4.78, 5) is 11.3. The molecule has 6 heteroatoms. The molecule has 1 aromatic carbocycles. The van der Waals surface area contributed by atoms with E-state index in [1.807, 2.05) is 25.1 Å². The number of nitrogens with one attached hydrogen (secondary N) is 1. The average Bonchev–Trinajstić information content (AvgIpc) is 2.70. The van der Waals surface area contributed by atoms with Gasteiger partial charge in [-0.25, -0.2) is 9.89 Å². The van der Waals surface area contributed by atoms with Crippen LogP contribution in [0.15, 0.2) is 23.0 Å². The van der Waals surface area contributed by atoms with Crippen molar-refractivity contribution < 1.29 is 4.74 Å². The first kappa shape index (κ1) is 11.5. The highest BCUT2D eigenvalue weighted by Crippen LogP contribution is 2.15. The monoisotopic (exact) mass is 234 g/mol. The molecule has 0 atom stereocenters. The largest absolute Gasteiger partial charge is 0.380 e. The highest BCUT2D eigenvalue weighted by atomic mass is 16.5. The minimum atomic E-state index is -0.310. The Bertz CT molecular complexity index is 559. The number of methoxy groups -OCH3 is 1. The van der Waals surface area contributed by atoms with Gasteiger partial charge in [-0.3, -0.25) is 0 Å². The minimum Gasteiger partial charge on any atom is -0.380 e. The summed E-state index contributed by atoms with van der Waals surface area (Å²) in [5.41, 5.74) is 2.93. The average molecular weight is 234 g/mol. The van der Waals surface area contributed by atoms with Gasteiger partial charge in [0.25, 0.3) is 0 Å². The van der Waals surface area contributed by atoms with E-state index in [-0.39, 0.29) is 5.69 Å². The number of aromatic amines is 1. The van der Waals surface area contributed by atoms with Gasteiger partial charge >= 0.3 is 5.69 Å². The number of tetrazole rings is 1. The normalized spacial score (nSPS) is 10.7. The van der Waals surface area contributed by atoms with Crippen molar-refractivity contribution in [2.24, 2.45) is 0 Å². The van der Waals surface area contributed by atoms with Gasteiger partial charge in [0.15, 0.2) is 0 Å². The van der Waals surface area contributed by atoms with Gasteiger partial charge < -0.3 is 4.74 Å². The first-order valence-electron chi connectivity index (χ1n) is 5.27. The second kappa shape index (κ2) is 4.92. The van der Waals surface area contributed by atoms with Crippen LogP contribution in [0.3, 0.4) is 0 Å². The molecule has 0 bridgehead atoms. The molecule has 0 unspecified atom stereocenters. The number of nitrogens with zero attached hydrogens (tertiary/aromatic N) is 3. The predicted octanol–water partition coefficient (Wildman–Crippen LogP) is 0.470. The van der Waals surface area contributed by atoms with Gasteiger partial charge in [-0.15, -0.1) is 0 Å². The third-order valence-corrected chi connectivity index (χ3v) is 2.65. The number of benzene rings is 1. The summed E-state index contributed by atoms with van der Waals surface area (Å²) in [5.74, 6) is 0. The van der Waals surface area contributed by atoms with Crippen molar-refractivity contribution in [2.75, 3.05) is 7.11 Å². The fraction of sp³-hybridized carbons (Fsp3) is 0.364. The standard InChI is InChI=1S/C11H14N4O2/c1-8-4-3-5-9(10(8)7-17-2)6-15-11(16)12-13-14-15/h3-5H,6-7H2,1-2H3,(H,12,14,16). The van der Waals surface area contributed by atoms with Crippen LogP contribution in [0.5, 0.6) is 0 Å². The lowest BCUT2D eigenvalue weighted by atomic mass is 10.0. The van der Waals surface area contributed by atoms with Crippen LogP contribution in [0.1, 0.15) is 16.7 Å². The number of hydrogen-bond acceptors (Lipinski definition) is 4. The van der Waals surface area contributed by atoms with Crippen LogP contribution in [-0.2, 0) is 17.9 Å². The number of rotatable bonds is 4. The molecule has 0 fully saturated rings. The summed E-state index contributed by atoms with van der Waals surface area (Å²) in [6.07, 6.45) is 0. The Labute approximate surface area is 98.2 Å². The van der Waals surface area contributed by atoms with Crippen LogP contribution >= 0.6 is 0 Å². The van der Waals surface area contributed by atoms with Crippen LogP contribution in [0.25, 0.3) is 0 Å². The van der Waals surface area contributed by atoms with Crippen molar-refractivity contribution in [3.05, 3.63) is 45.4 Å². The van der Waals surface area contributed by atoms with Gasteiger partial charge in [0.05, 0.1) is 13.2 Å². The van der Waals surface area contributed by atoms with Crippen LogP contribution in [0.4, 0.5) is 0 Å². The zero-order valence-electron chi connectivity index (χ0n) is 9.80. The lowest BCUT2D eigenvalue weighted by Gasteiger charge is -2.11. The van der Waals surface area contributed by atoms with E-state index in [1.165, 1.54) is 4.68 Å². The molecule has 2 rings (SSSR count). The quantitative estimate of drug-likeness (QED) is 0.834. The lowest BCUT2D eigenvalue weighted by Crippen LogP contribution is -2.19. The number of hydrogen-bond donors (Lipinski definition) is 1. The molecule has 6 nitrogen and oxygen atoms in total. The Morgan fingerprint density at radius 2 is 2.29 bits per heavy atom. The summed E-state index contributed by atoms with van der Waals surface area (Å²) in [6.45, 7) is 2.94. The molecule has 90 valence electrons. The minimum absolute atomic E-state index is 0.310. The maximum atomic E-state index is 11.3. The van der Waals surface area contributed by atoms with Gasteiger partial charge in [-0.2, -0.15) is 4.68 Å². The molecule has 0 spiro atoms. The molecular weight excluding hydrogens is 220 g/mol. The third-order valence-electron chi connectivity index (χ3n) is 2.65. The SMILES string of the molecule is COCc1c(C)cccc1Cn1nn[nH]c1=O. The van der Waals surface area contributed by atoms with E-state index in [1.54, 1.807) is 7.11 Å². The second-order valence-corrected chi connectivity index (χ2v) is 3.81. The Kier molecular flexibility index (Phi) is 3.34. The van der Waals surface area contributed by atoms with Gasteiger partial charge in [-0.05, 0) is 34.0 Å². The molecule has 0 aliphatic rings. The molecule has 0 aliphatic carbocycles. The molecule has 0 saturated carbocycles. The first-order valence-corrected chi connectivity index (χ1v) is 5.27. The predicted molar refractivity (Wildman–Crippen MR) is 61.6 cm³/mol. The molecule has 17 heavy (non-hydrogen) atoms. The topological polar surface area (TPSA) is 72.8 Å². The fourth-order valence-corrected chi connectivity index (χ4v) is 1.74. The van der Waals surface area contributed by atoms with E-state index in [4.69, 9.17) is 4.74 Å². The van der Waals surface area contributed by atoms with Crippen molar-refractivity contribution in [1.82, 2.24) is 20.2 Å². The van der Waals surface area contributed by atoms with E-state index in [9.17, 15) is 4.79 Å². The van der Waals surface area contributed by atoms with E-state index < -0.39 is 0 Å². The molecule has 1 aromatic heterocycles. The molecule has 0 saturated heterocycles. The smallest absolute Gasteiger partial charge is 0.361 e. The number of aryl methyl sites for hydroxylation is 1. The molecule has 0 amide bonds. The highest BCUT2D eigenvalue weighted by molar-refractivity contribution is 5.34. The van der Waals surface area contributed by atoms with Crippen molar-refractivity contribution in [3.63, 3.8) is 0 Å². The summed E-state index contributed by atoms with van der Waals surface area (Å²) in [5, 5.41) is 9.43. The van der Waals surface area contributed by atoms with Crippen molar-refractivity contribution in [1.29, 1.82) is 0 Å². The molecule has 1 heterocycles. The van der Waals surface area contributed by atoms with E-state index in [2.05, 4.69) is 15.5 Å². The van der Waals surface area contributed by atoms with Gasteiger partial charge in [0.2, 0.25) is 0 Å². The van der Waals surface area contributed by atoms with Crippen molar-refractivity contribution in [2.45, 2.75) is 20.1 Å². The fourth-order valence-electron chi connectivity index (χ4n) is 1.74. The van der Waals surface area contributed by atoms with Crippen LogP contribution in [-0.4, -0.2) is 27.3 Å². The molecule has 0 radical (unpaired) electrons. The highest BCUT2D eigenvalue weighted by Gasteiger charge is 2.08. The van der Waals surface area contributed by atoms with E-state index in [0.29, 0.717) is 13.2 Å². The van der Waals surface area contributed by atoms with Crippen molar-refractivity contribution >= 4 is 0 Å². The Morgan fingerprint density at radius 1 is 1.47 bits per heavy atom. The maximum absolute atomic E-state index is 11.3. The van der Waals surface area contributed by atoms with Crippen LogP contribution in [0.2, 0.25) is 0 Å². The lowest BCUT2D eigenvalue weighted by molar-refractivity contribution is 0.183. The number of aromatic nitrogens is 4. The Morgan fingerprint density at radius 3 is 2.94 bits per heavy atom. The number of ether oxygens (including phenoxy) is 1. The summed E-state index contributed by atoms with van der Waals surface area (Å²) in [7, 11) is 1.65. The molecule has 0 aliphatic heterocycles. The summed E-state index contributed by atoms with van der Waals surface area (Å²) in [6, 6.07) is 5.93. The molecule has 2 aromatic rings. The Balaban J connectivity index is 2.35. The molecular formula is C11H14N4O2. The van der Waals surface area contributed by atoms with E-state index in [0.717, 1.165) is 16.7 Å². The second-order valence-electron chi connectivity index (χ2n) is 3.81. The number of H-pyrrole nitrogens is 1. The third kappa shape index (κ3) is 2.42. The zero-order valence-corrected chi connectivity index (χ0v) is 9.80. The van der Waals surface area contributed by atoms with Crippen molar-refractivity contribution in [3.8, 4) is 0 Å². The summed E-state index contributed by atoms with van der Waals surface area (Å²) < 4.78 is 6.45. The van der Waals surface area contributed by atoms with Gasteiger partial charge in [-0.1, -0.05) is 18.2 Å². The summed E-state index contributed by atoms with van der Waals surface area (Å²) >= 11 is 0. The van der Waals surface area contributed by atoms with Crippen LogP contribution in [0, 0.1) is 6.92 Å². The van der Waals surface area contributed by atoms with Gasteiger partial charge in [0.1, 0.15) is 0 Å². The molecule has 1 N–H and O–H groups in total.